The zero-order chi connectivity index (χ0) is 28.8. The molecule has 0 bridgehead atoms. The van der Waals surface area contributed by atoms with Gasteiger partial charge in [-0.3, -0.25) is 29.8 Å². The highest BCUT2D eigenvalue weighted by atomic mass is 19.1. The molecule has 13 nitrogen and oxygen atoms in total. The summed E-state index contributed by atoms with van der Waals surface area (Å²) in [4.78, 5) is 46.8. The van der Waals surface area contributed by atoms with Crippen molar-refractivity contribution in [2.24, 2.45) is 0 Å². The minimum atomic E-state index is -0.558. The van der Waals surface area contributed by atoms with Gasteiger partial charge in [-0.2, -0.15) is 0 Å². The van der Waals surface area contributed by atoms with Crippen molar-refractivity contribution in [3.8, 4) is 11.1 Å². The normalized spacial score (nSPS) is 18.0. The predicted octanol–water partition coefficient (Wildman–Crippen LogP) is 2.64. The molecule has 1 amide bonds. The van der Waals surface area contributed by atoms with Crippen molar-refractivity contribution in [1.29, 1.82) is 0 Å². The van der Waals surface area contributed by atoms with Crippen LogP contribution in [0.2, 0.25) is 0 Å². The fourth-order valence-electron chi connectivity index (χ4n) is 4.28. The van der Waals surface area contributed by atoms with Gasteiger partial charge in [-0.05, 0) is 37.3 Å². The zero-order valence-corrected chi connectivity index (χ0v) is 22.1. The highest BCUT2D eigenvalue weighted by Crippen LogP contribution is 2.30. The zero-order valence-electron chi connectivity index (χ0n) is 22.1. The van der Waals surface area contributed by atoms with Crippen LogP contribution in [0.5, 0.6) is 0 Å². The van der Waals surface area contributed by atoms with Gasteiger partial charge in [-0.15, -0.1) is 5.10 Å². The van der Waals surface area contributed by atoms with Crippen LogP contribution in [0.25, 0.3) is 16.8 Å². The van der Waals surface area contributed by atoms with Crippen molar-refractivity contribution in [3.05, 3.63) is 66.5 Å². The van der Waals surface area contributed by atoms with E-state index in [-0.39, 0.29) is 32.6 Å². The Balaban J connectivity index is 1.16. The number of hydrogen-bond donors (Lipinski definition) is 1. The number of ether oxygens (including phenoxy) is 3. The van der Waals surface area contributed by atoms with Gasteiger partial charge >= 0.3 is 18.0 Å². The second kappa shape index (κ2) is 12.6. The highest BCUT2D eigenvalue weighted by Gasteiger charge is 2.33. The molecule has 2 aliphatic heterocycles. The first-order valence-electron chi connectivity index (χ1n) is 12.9. The Bertz CT molecular complexity index is 1430. The summed E-state index contributed by atoms with van der Waals surface area (Å²) in [5.74, 6) is -1.51. The van der Waals surface area contributed by atoms with Crippen LogP contribution in [0.15, 0.2) is 55.0 Å². The monoisotopic (exact) mass is 566 g/mol. The van der Waals surface area contributed by atoms with Crippen LogP contribution in [-0.4, -0.2) is 70.0 Å². The van der Waals surface area contributed by atoms with Crippen molar-refractivity contribution in [3.63, 3.8) is 0 Å². The molecule has 2 atom stereocenters. The van der Waals surface area contributed by atoms with E-state index in [2.05, 4.69) is 20.8 Å². The molecule has 41 heavy (non-hydrogen) atoms. The minimum absolute atomic E-state index is 0.0421. The minimum Gasteiger partial charge on any atom is -0.466 e. The summed E-state index contributed by atoms with van der Waals surface area (Å²) in [5, 5.41) is 7.61. The Morgan fingerprint density at radius 2 is 2.00 bits per heavy atom. The van der Waals surface area contributed by atoms with Gasteiger partial charge in [0.1, 0.15) is 24.6 Å². The van der Waals surface area contributed by atoms with Gasteiger partial charge in [0, 0.05) is 23.5 Å². The molecule has 4 heterocycles. The van der Waals surface area contributed by atoms with Gasteiger partial charge in [0.15, 0.2) is 0 Å². The number of nitrogens with one attached hydrogen (secondary N) is 1. The molecule has 3 aromatic rings. The summed E-state index contributed by atoms with van der Waals surface area (Å²) in [6.07, 6.45) is 4.77. The quantitative estimate of drug-likeness (QED) is 0.270. The van der Waals surface area contributed by atoms with Gasteiger partial charge in [-0.25, -0.2) is 13.9 Å². The van der Waals surface area contributed by atoms with Crippen LogP contribution in [0.3, 0.4) is 0 Å². The van der Waals surface area contributed by atoms with Crippen molar-refractivity contribution in [1.82, 2.24) is 25.5 Å². The molecule has 0 aliphatic carbocycles. The van der Waals surface area contributed by atoms with Gasteiger partial charge in [0.2, 0.25) is 0 Å². The van der Waals surface area contributed by atoms with E-state index < -0.39 is 36.1 Å². The fraction of sp³-hybridized carbons (Fsp3) is 0.333. The van der Waals surface area contributed by atoms with Crippen LogP contribution in [0.1, 0.15) is 25.5 Å². The maximum absolute atomic E-state index is 15.1. The number of carbonyl (C=O) groups excluding carboxylic acids is 3. The van der Waals surface area contributed by atoms with E-state index in [9.17, 15) is 14.4 Å². The SMILES string of the molecule is CCOC(=O)CCC(=O)OCC1C=C(c2ccc(-c3ccc(N4C[C@H](Cn5ccnn5)OC4=O)cc3F)cn2)NO1. The third kappa shape index (κ3) is 6.84. The highest BCUT2D eigenvalue weighted by molar-refractivity contribution is 5.90. The summed E-state index contributed by atoms with van der Waals surface area (Å²) in [6, 6.07) is 7.94. The lowest BCUT2D eigenvalue weighted by molar-refractivity contribution is -0.152. The van der Waals surface area contributed by atoms with E-state index in [4.69, 9.17) is 19.0 Å². The average molecular weight is 567 g/mol. The number of amides is 1. The molecular weight excluding hydrogens is 539 g/mol. The lowest BCUT2D eigenvalue weighted by Gasteiger charge is -2.14. The van der Waals surface area contributed by atoms with Crippen molar-refractivity contribution < 1.29 is 37.8 Å². The number of carbonyl (C=O) groups is 3. The predicted molar refractivity (Wildman–Crippen MR) is 140 cm³/mol. The molecule has 1 fully saturated rings. The summed E-state index contributed by atoms with van der Waals surface area (Å²) in [6.45, 7) is 2.51. The Morgan fingerprint density at radius 1 is 1.17 bits per heavy atom. The molecule has 214 valence electrons. The average Bonchev–Trinajstić information content (AvgIpc) is 3.73. The van der Waals surface area contributed by atoms with E-state index in [1.165, 1.54) is 23.4 Å². The van der Waals surface area contributed by atoms with Crippen molar-refractivity contribution >= 4 is 29.4 Å². The first-order valence-corrected chi connectivity index (χ1v) is 12.9. The molecule has 1 aromatic carbocycles. The molecule has 14 heteroatoms. The molecule has 2 aromatic heterocycles. The molecule has 5 rings (SSSR count). The van der Waals surface area contributed by atoms with Gasteiger partial charge in [0.25, 0.3) is 0 Å². The van der Waals surface area contributed by atoms with Crippen LogP contribution in [0, 0.1) is 5.82 Å². The molecule has 0 radical (unpaired) electrons. The molecule has 0 spiro atoms. The number of hydrogen-bond acceptors (Lipinski definition) is 11. The summed E-state index contributed by atoms with van der Waals surface area (Å²) < 4.78 is 32.0. The second-order valence-electron chi connectivity index (χ2n) is 9.16. The summed E-state index contributed by atoms with van der Waals surface area (Å²) >= 11 is 0. The maximum Gasteiger partial charge on any atom is 0.414 e. The first-order chi connectivity index (χ1) is 19.9. The number of benzene rings is 1. The molecule has 1 N–H and O–H groups in total. The Labute approximate surface area is 233 Å². The van der Waals surface area contributed by atoms with Gasteiger partial charge in [0.05, 0.1) is 55.8 Å². The number of hydroxylamine groups is 1. The Hall–Kier alpha value is -4.85. The third-order valence-corrected chi connectivity index (χ3v) is 6.27. The Kier molecular flexibility index (Phi) is 8.48. The van der Waals surface area contributed by atoms with E-state index in [1.807, 2.05) is 0 Å². The fourth-order valence-corrected chi connectivity index (χ4v) is 4.28. The first kappa shape index (κ1) is 27.7. The molecule has 1 unspecified atom stereocenters. The lowest BCUT2D eigenvalue weighted by Crippen LogP contribution is -2.26. The summed E-state index contributed by atoms with van der Waals surface area (Å²) in [7, 11) is 0. The van der Waals surface area contributed by atoms with Crippen LogP contribution in [0.4, 0.5) is 14.9 Å². The summed E-state index contributed by atoms with van der Waals surface area (Å²) in [5.41, 5.74) is 5.09. The van der Waals surface area contributed by atoms with Crippen molar-refractivity contribution in [2.75, 3.05) is 24.7 Å². The van der Waals surface area contributed by atoms with Gasteiger partial charge < -0.3 is 14.2 Å². The molecule has 0 saturated carbocycles. The lowest BCUT2D eigenvalue weighted by atomic mass is 10.1. The topological polar surface area (TPSA) is 147 Å². The smallest absolute Gasteiger partial charge is 0.414 e. The number of nitrogens with zero attached hydrogens (tertiary/aromatic N) is 5. The largest absolute Gasteiger partial charge is 0.466 e. The number of halogens is 1. The van der Waals surface area contributed by atoms with E-state index in [0.717, 1.165) is 0 Å². The number of rotatable bonds is 11. The second-order valence-corrected chi connectivity index (χ2v) is 9.16. The molecule has 2 aliphatic rings. The number of cyclic esters (lactones) is 1. The number of esters is 2. The number of aromatic nitrogens is 4. The number of anilines is 1. The van der Waals surface area contributed by atoms with Crippen molar-refractivity contribution in [2.45, 2.75) is 38.5 Å². The van der Waals surface area contributed by atoms with E-state index in [1.54, 1.807) is 48.1 Å². The molecule has 1 saturated heterocycles. The Morgan fingerprint density at radius 3 is 2.71 bits per heavy atom. The third-order valence-electron chi connectivity index (χ3n) is 6.27. The number of pyridine rings is 1. The van der Waals surface area contributed by atoms with Gasteiger partial charge in [-0.1, -0.05) is 11.3 Å². The van der Waals surface area contributed by atoms with Crippen LogP contribution >= 0.6 is 0 Å². The van der Waals surface area contributed by atoms with E-state index in [0.29, 0.717) is 34.8 Å². The maximum atomic E-state index is 15.1. The molecular formula is C27H27FN6O7. The van der Waals surface area contributed by atoms with E-state index >= 15 is 4.39 Å². The van der Waals surface area contributed by atoms with Crippen LogP contribution in [-0.2, 0) is 35.2 Å². The van der Waals surface area contributed by atoms with Crippen LogP contribution < -0.4 is 10.4 Å². The standard InChI is InChI=1S/C27H27FN6O7/c1-2-38-25(35)7-8-26(36)39-16-19-12-24(31-41-19)23-6-3-17(13-29-23)21-5-4-18(11-22(21)28)34-15-20(40-27(34)37)14-33-10-9-30-32-33/h3-6,9-13,19-20,31H,2,7-8,14-16H2,1H3/t19?,20-/m0/s1.